The summed E-state index contributed by atoms with van der Waals surface area (Å²) in [4.78, 5) is 12.7. The van der Waals surface area contributed by atoms with Crippen LogP contribution in [0.15, 0.2) is 89.8 Å². The molecule has 3 rings (SSSR count). The van der Waals surface area contributed by atoms with E-state index in [4.69, 9.17) is 11.6 Å². The predicted octanol–water partition coefficient (Wildman–Crippen LogP) is 3.85. The van der Waals surface area contributed by atoms with Gasteiger partial charge in [-0.15, -0.1) is 0 Å². The Morgan fingerprint density at radius 2 is 1.43 bits per heavy atom. The molecule has 144 valence electrons. The van der Waals surface area contributed by atoms with E-state index < -0.39 is 15.9 Å². The van der Waals surface area contributed by atoms with Gasteiger partial charge in [-0.2, -0.15) is 0 Å². The van der Waals surface area contributed by atoms with Gasteiger partial charge in [-0.3, -0.25) is 9.10 Å². The Hall–Kier alpha value is -2.83. The predicted molar refractivity (Wildman–Crippen MR) is 111 cm³/mol. The first kappa shape index (κ1) is 19.9. The lowest BCUT2D eigenvalue weighted by atomic mass is 10.2. The Balaban J connectivity index is 1.82. The van der Waals surface area contributed by atoms with Crippen molar-refractivity contribution in [3.63, 3.8) is 0 Å². The molecule has 1 amide bonds. The van der Waals surface area contributed by atoms with Crippen LogP contribution in [0.5, 0.6) is 0 Å². The highest BCUT2D eigenvalue weighted by Crippen LogP contribution is 2.23. The Kier molecular flexibility index (Phi) is 6.34. The lowest BCUT2D eigenvalue weighted by Crippen LogP contribution is -2.40. The molecule has 0 fully saturated rings. The zero-order valence-electron chi connectivity index (χ0n) is 15.0. The number of nitrogens with zero attached hydrogens (tertiary/aromatic N) is 1. The lowest BCUT2D eigenvalue weighted by Gasteiger charge is -2.24. The van der Waals surface area contributed by atoms with Crippen LogP contribution in [0.25, 0.3) is 0 Å². The normalized spacial score (nSPS) is 11.0. The first-order chi connectivity index (χ1) is 13.5. The number of amides is 1. The third-order valence-corrected chi connectivity index (χ3v) is 6.25. The van der Waals surface area contributed by atoms with Crippen LogP contribution in [0.1, 0.15) is 5.56 Å². The molecule has 7 heteroatoms. The first-order valence-corrected chi connectivity index (χ1v) is 10.4. The molecule has 28 heavy (non-hydrogen) atoms. The SMILES string of the molecule is O=C(CN(c1ccccc1)S(=O)(=O)c1ccccc1)NCc1ccccc1Cl. The van der Waals surface area contributed by atoms with E-state index in [1.54, 1.807) is 66.7 Å². The molecule has 0 atom stereocenters. The van der Waals surface area contributed by atoms with Crippen molar-refractivity contribution in [2.75, 3.05) is 10.8 Å². The topological polar surface area (TPSA) is 66.5 Å². The molecular formula is C21H19ClN2O3S. The minimum absolute atomic E-state index is 0.123. The maximum atomic E-state index is 13.1. The summed E-state index contributed by atoms with van der Waals surface area (Å²) in [5.41, 5.74) is 1.17. The molecule has 3 aromatic carbocycles. The summed E-state index contributed by atoms with van der Waals surface area (Å²) >= 11 is 6.10. The molecule has 0 aliphatic rings. The van der Waals surface area contributed by atoms with Crippen molar-refractivity contribution in [1.29, 1.82) is 0 Å². The fraction of sp³-hybridized carbons (Fsp3) is 0.0952. The summed E-state index contributed by atoms with van der Waals surface area (Å²) in [7, 11) is -3.89. The molecule has 0 saturated carbocycles. The van der Waals surface area contributed by atoms with Crippen molar-refractivity contribution in [3.05, 3.63) is 95.5 Å². The van der Waals surface area contributed by atoms with Crippen molar-refractivity contribution in [1.82, 2.24) is 5.32 Å². The third kappa shape index (κ3) is 4.71. The monoisotopic (exact) mass is 414 g/mol. The second-order valence-corrected chi connectivity index (χ2v) is 8.30. The maximum Gasteiger partial charge on any atom is 0.264 e. The molecule has 0 spiro atoms. The van der Waals surface area contributed by atoms with Gasteiger partial charge in [-0.1, -0.05) is 66.2 Å². The van der Waals surface area contributed by atoms with E-state index in [1.165, 1.54) is 12.1 Å². The minimum Gasteiger partial charge on any atom is -0.350 e. The van der Waals surface area contributed by atoms with Crippen LogP contribution >= 0.6 is 11.6 Å². The maximum absolute atomic E-state index is 13.1. The van der Waals surface area contributed by atoms with Crippen molar-refractivity contribution in [3.8, 4) is 0 Å². The molecular weight excluding hydrogens is 396 g/mol. The fourth-order valence-electron chi connectivity index (χ4n) is 2.65. The summed E-state index contributed by atoms with van der Waals surface area (Å²) in [6, 6.07) is 23.8. The van der Waals surface area contributed by atoms with E-state index >= 15 is 0 Å². The summed E-state index contributed by atoms with van der Waals surface area (Å²) in [6.45, 7) is -0.127. The zero-order chi connectivity index (χ0) is 20.0. The van der Waals surface area contributed by atoms with Gasteiger partial charge < -0.3 is 5.32 Å². The lowest BCUT2D eigenvalue weighted by molar-refractivity contribution is -0.119. The summed E-state index contributed by atoms with van der Waals surface area (Å²) in [6.07, 6.45) is 0. The highest BCUT2D eigenvalue weighted by molar-refractivity contribution is 7.92. The number of hydrogen-bond acceptors (Lipinski definition) is 3. The molecule has 0 aromatic heterocycles. The quantitative estimate of drug-likeness (QED) is 0.638. The minimum atomic E-state index is -3.89. The van der Waals surface area contributed by atoms with Crippen LogP contribution in [0.3, 0.4) is 0 Å². The standard InChI is InChI=1S/C21H19ClN2O3S/c22-20-14-8-7-9-17(20)15-23-21(25)16-24(18-10-3-1-4-11-18)28(26,27)19-12-5-2-6-13-19/h1-14H,15-16H2,(H,23,25). The zero-order valence-corrected chi connectivity index (χ0v) is 16.5. The van der Waals surface area contributed by atoms with Gasteiger partial charge in [0.05, 0.1) is 10.6 Å². The van der Waals surface area contributed by atoms with Gasteiger partial charge in [0.2, 0.25) is 5.91 Å². The van der Waals surface area contributed by atoms with Crippen LogP contribution in [-0.4, -0.2) is 20.9 Å². The van der Waals surface area contributed by atoms with Crippen molar-refractivity contribution in [2.45, 2.75) is 11.4 Å². The van der Waals surface area contributed by atoms with Crippen LogP contribution in [0.4, 0.5) is 5.69 Å². The van der Waals surface area contributed by atoms with Gasteiger partial charge in [0, 0.05) is 11.6 Å². The van der Waals surface area contributed by atoms with Crippen LogP contribution in [-0.2, 0) is 21.4 Å². The Morgan fingerprint density at radius 3 is 2.07 bits per heavy atom. The molecule has 0 unspecified atom stereocenters. The summed E-state index contributed by atoms with van der Waals surface area (Å²) < 4.78 is 27.3. The summed E-state index contributed by atoms with van der Waals surface area (Å²) in [5, 5.41) is 3.28. The molecule has 1 N–H and O–H groups in total. The smallest absolute Gasteiger partial charge is 0.264 e. The fourth-order valence-corrected chi connectivity index (χ4v) is 4.30. The van der Waals surface area contributed by atoms with Crippen LogP contribution in [0.2, 0.25) is 5.02 Å². The second kappa shape index (κ2) is 8.91. The number of anilines is 1. The van der Waals surface area contributed by atoms with Crippen LogP contribution in [0, 0.1) is 0 Å². The van der Waals surface area contributed by atoms with E-state index in [0.717, 1.165) is 9.87 Å². The average molecular weight is 415 g/mol. The van der Waals surface area contributed by atoms with E-state index in [-0.39, 0.29) is 18.0 Å². The van der Waals surface area contributed by atoms with E-state index in [9.17, 15) is 13.2 Å². The molecule has 0 radical (unpaired) electrons. The molecule has 0 heterocycles. The molecule has 0 saturated heterocycles. The van der Waals surface area contributed by atoms with Gasteiger partial charge in [0.25, 0.3) is 10.0 Å². The van der Waals surface area contributed by atoms with Gasteiger partial charge in [-0.05, 0) is 35.9 Å². The van der Waals surface area contributed by atoms with Gasteiger partial charge in [0.15, 0.2) is 0 Å². The number of nitrogens with one attached hydrogen (secondary N) is 1. The Bertz CT molecular complexity index is 1040. The van der Waals surface area contributed by atoms with Crippen molar-refractivity contribution < 1.29 is 13.2 Å². The van der Waals surface area contributed by atoms with Gasteiger partial charge >= 0.3 is 0 Å². The van der Waals surface area contributed by atoms with Crippen molar-refractivity contribution >= 4 is 33.2 Å². The Morgan fingerprint density at radius 1 is 0.857 bits per heavy atom. The van der Waals surface area contributed by atoms with E-state index in [1.807, 2.05) is 6.07 Å². The second-order valence-electron chi connectivity index (χ2n) is 6.03. The number of carbonyl (C=O) groups excluding carboxylic acids is 1. The van der Waals surface area contributed by atoms with Gasteiger partial charge in [-0.25, -0.2) is 8.42 Å². The number of halogens is 1. The first-order valence-electron chi connectivity index (χ1n) is 8.61. The molecule has 5 nitrogen and oxygen atoms in total. The van der Waals surface area contributed by atoms with E-state index in [2.05, 4.69) is 5.32 Å². The number of carbonyl (C=O) groups is 1. The molecule has 0 aliphatic carbocycles. The van der Waals surface area contributed by atoms with Gasteiger partial charge in [0.1, 0.15) is 6.54 Å². The Labute approximate surface area is 169 Å². The number of hydrogen-bond donors (Lipinski definition) is 1. The summed E-state index contributed by atoms with van der Waals surface area (Å²) in [5.74, 6) is -0.428. The van der Waals surface area contributed by atoms with Crippen LogP contribution < -0.4 is 9.62 Å². The molecule has 3 aromatic rings. The van der Waals surface area contributed by atoms with E-state index in [0.29, 0.717) is 10.7 Å². The molecule has 0 aliphatic heterocycles. The molecule has 0 bridgehead atoms. The third-order valence-electron chi connectivity index (χ3n) is 4.10. The highest BCUT2D eigenvalue weighted by atomic mass is 35.5. The largest absolute Gasteiger partial charge is 0.350 e. The number of benzene rings is 3. The number of sulfonamides is 1. The number of rotatable bonds is 7. The number of para-hydroxylation sites is 1. The average Bonchev–Trinajstić information content (AvgIpc) is 2.72. The highest BCUT2D eigenvalue weighted by Gasteiger charge is 2.26. The van der Waals surface area contributed by atoms with Crippen molar-refractivity contribution in [2.24, 2.45) is 0 Å².